The highest BCUT2D eigenvalue weighted by Crippen LogP contribution is 2.16. The second kappa shape index (κ2) is 4.07. The van der Waals surface area contributed by atoms with Crippen LogP contribution in [-0.4, -0.2) is 22.2 Å². The van der Waals surface area contributed by atoms with Crippen molar-refractivity contribution in [2.75, 3.05) is 6.61 Å². The van der Waals surface area contributed by atoms with Crippen LogP contribution in [0.4, 0.5) is 0 Å². The van der Waals surface area contributed by atoms with Crippen molar-refractivity contribution in [1.29, 1.82) is 0 Å². The second-order valence-electron chi connectivity index (χ2n) is 2.80. The van der Waals surface area contributed by atoms with Crippen LogP contribution in [0.2, 0.25) is 12.6 Å². The van der Waals surface area contributed by atoms with E-state index in [0.717, 1.165) is 6.61 Å². The number of hydrogen-bond acceptors (Lipinski definition) is 1. The summed E-state index contributed by atoms with van der Waals surface area (Å²) < 4.78 is 5.10. The maximum Gasteiger partial charge on any atom is 0.0810 e. The summed E-state index contributed by atoms with van der Waals surface area (Å²) in [5.41, 5.74) is 0. The van der Waals surface area contributed by atoms with Crippen molar-refractivity contribution in [3.63, 3.8) is 0 Å². The molecule has 0 radical (unpaired) electrons. The molecule has 1 unspecified atom stereocenters. The zero-order chi connectivity index (χ0) is 6.53. The Balaban J connectivity index is 1.71. The molecule has 0 bridgehead atoms. The fourth-order valence-electron chi connectivity index (χ4n) is 1.03. The highest BCUT2D eigenvalue weighted by atomic mass is 28.2. The van der Waals surface area contributed by atoms with Crippen molar-refractivity contribution in [2.24, 2.45) is 0 Å². The molecule has 0 aromatic heterocycles. The smallest absolute Gasteiger partial charge is 0.0810 e. The number of unbranched alkanes of at least 4 members (excludes halogenated alkanes) is 1. The van der Waals surface area contributed by atoms with Gasteiger partial charge in [0, 0.05) is 9.52 Å². The van der Waals surface area contributed by atoms with Gasteiger partial charge in [0.1, 0.15) is 0 Å². The predicted octanol–water partition coefficient (Wildman–Crippen LogP) is 1.19. The van der Waals surface area contributed by atoms with Crippen molar-refractivity contribution in [1.82, 2.24) is 0 Å². The molecular weight excluding hydrogens is 128 g/mol. The van der Waals surface area contributed by atoms with Gasteiger partial charge in [-0.2, -0.15) is 0 Å². The normalized spacial score (nSPS) is 25.7. The van der Waals surface area contributed by atoms with E-state index in [1.807, 2.05) is 0 Å². The van der Waals surface area contributed by atoms with Crippen LogP contribution in [0, 0.1) is 0 Å². The Hall–Kier alpha value is 0.177. The second-order valence-corrected chi connectivity index (χ2v) is 4.51. The van der Waals surface area contributed by atoms with Gasteiger partial charge in [-0.15, -0.1) is 0 Å². The molecule has 0 N–H and O–H groups in total. The van der Waals surface area contributed by atoms with E-state index < -0.39 is 0 Å². The van der Waals surface area contributed by atoms with Crippen LogP contribution >= 0.6 is 0 Å². The molecule has 0 spiro atoms. The molecule has 1 aliphatic heterocycles. The first-order valence-corrected chi connectivity index (χ1v) is 6.46. The lowest BCUT2D eigenvalue weighted by Gasteiger charge is -1.93. The maximum absolute atomic E-state index is 5.10. The maximum atomic E-state index is 5.10. The van der Waals surface area contributed by atoms with E-state index in [-0.39, 0.29) is 0 Å². The molecule has 1 fully saturated rings. The van der Waals surface area contributed by atoms with Gasteiger partial charge in [-0.3, -0.25) is 0 Å². The molecule has 0 aromatic carbocycles. The summed E-state index contributed by atoms with van der Waals surface area (Å²) in [5, 5.41) is 0. The lowest BCUT2D eigenvalue weighted by atomic mass is 10.2. The SMILES string of the molecule is C[SiH2]CCCCC1CO1. The molecule has 1 saturated heterocycles. The molecule has 0 aliphatic carbocycles. The van der Waals surface area contributed by atoms with Crippen LogP contribution in [0.1, 0.15) is 19.3 Å². The lowest BCUT2D eigenvalue weighted by Crippen LogP contribution is -1.86. The Morgan fingerprint density at radius 1 is 1.56 bits per heavy atom. The van der Waals surface area contributed by atoms with E-state index in [4.69, 9.17) is 4.74 Å². The average molecular weight is 144 g/mol. The van der Waals surface area contributed by atoms with E-state index in [0.29, 0.717) is 15.6 Å². The Morgan fingerprint density at radius 3 is 2.89 bits per heavy atom. The van der Waals surface area contributed by atoms with Crippen molar-refractivity contribution >= 4 is 9.52 Å². The van der Waals surface area contributed by atoms with E-state index >= 15 is 0 Å². The quantitative estimate of drug-likeness (QED) is 0.321. The van der Waals surface area contributed by atoms with Crippen LogP contribution in [0.15, 0.2) is 0 Å². The predicted molar refractivity (Wildman–Crippen MR) is 42.8 cm³/mol. The molecule has 0 aromatic rings. The molecule has 0 saturated carbocycles. The molecule has 1 aliphatic rings. The van der Waals surface area contributed by atoms with Crippen LogP contribution in [0.5, 0.6) is 0 Å². The van der Waals surface area contributed by atoms with Gasteiger partial charge in [-0.05, 0) is 6.42 Å². The van der Waals surface area contributed by atoms with E-state index in [9.17, 15) is 0 Å². The van der Waals surface area contributed by atoms with Gasteiger partial charge in [-0.25, -0.2) is 0 Å². The summed E-state index contributed by atoms with van der Waals surface area (Å²) in [6.45, 7) is 3.43. The first-order valence-electron chi connectivity index (χ1n) is 4.05. The third kappa shape index (κ3) is 3.70. The van der Waals surface area contributed by atoms with Gasteiger partial charge in [-0.1, -0.05) is 25.4 Å². The summed E-state index contributed by atoms with van der Waals surface area (Å²) in [5.74, 6) is 0. The highest BCUT2D eigenvalue weighted by molar-refractivity contribution is 6.33. The third-order valence-corrected chi connectivity index (χ3v) is 2.99. The Morgan fingerprint density at radius 2 is 2.33 bits per heavy atom. The summed E-state index contributed by atoms with van der Waals surface area (Å²) >= 11 is 0. The van der Waals surface area contributed by atoms with E-state index in [2.05, 4.69) is 6.55 Å². The van der Waals surface area contributed by atoms with Crippen molar-refractivity contribution in [3.05, 3.63) is 0 Å². The third-order valence-electron chi connectivity index (χ3n) is 1.78. The number of rotatable bonds is 5. The van der Waals surface area contributed by atoms with Crippen LogP contribution in [0.3, 0.4) is 0 Å². The fraction of sp³-hybridized carbons (Fsp3) is 1.00. The molecule has 1 rings (SSSR count). The first-order chi connectivity index (χ1) is 4.43. The van der Waals surface area contributed by atoms with Gasteiger partial charge in [0.2, 0.25) is 0 Å². The lowest BCUT2D eigenvalue weighted by molar-refractivity contribution is 0.391. The molecular formula is C7H16OSi. The fourth-order valence-corrected chi connectivity index (χ4v) is 1.89. The van der Waals surface area contributed by atoms with Crippen molar-refractivity contribution < 1.29 is 4.74 Å². The summed E-state index contributed by atoms with van der Waals surface area (Å²) in [6.07, 6.45) is 4.87. The minimum atomic E-state index is 0.349. The standard InChI is InChI=1S/C7H16OSi/c1-9-5-3-2-4-7-6-8-7/h7H,2-6,9H2,1H3. The Bertz CT molecular complexity index is 71.3. The molecule has 9 heavy (non-hydrogen) atoms. The Labute approximate surface area is 59.6 Å². The molecule has 0 amide bonds. The van der Waals surface area contributed by atoms with Gasteiger partial charge in [0.05, 0.1) is 12.7 Å². The van der Waals surface area contributed by atoms with Gasteiger partial charge < -0.3 is 4.74 Å². The number of hydrogen-bond donors (Lipinski definition) is 0. The molecule has 1 nitrogen and oxygen atoms in total. The first kappa shape index (κ1) is 7.29. The zero-order valence-electron chi connectivity index (χ0n) is 6.23. The highest BCUT2D eigenvalue weighted by Gasteiger charge is 2.20. The molecule has 1 atom stereocenters. The Kier molecular flexibility index (Phi) is 3.29. The minimum Gasteiger partial charge on any atom is -0.373 e. The largest absolute Gasteiger partial charge is 0.373 e. The van der Waals surface area contributed by atoms with E-state index in [1.165, 1.54) is 25.3 Å². The van der Waals surface area contributed by atoms with Gasteiger partial charge >= 0.3 is 0 Å². The number of epoxide rings is 1. The monoisotopic (exact) mass is 144 g/mol. The van der Waals surface area contributed by atoms with E-state index in [1.54, 1.807) is 0 Å². The minimum absolute atomic E-state index is 0.349. The average Bonchev–Trinajstić information content (AvgIpc) is 2.63. The topological polar surface area (TPSA) is 12.5 Å². The van der Waals surface area contributed by atoms with Crippen LogP contribution < -0.4 is 0 Å². The van der Waals surface area contributed by atoms with Crippen LogP contribution in [-0.2, 0) is 4.74 Å². The van der Waals surface area contributed by atoms with Crippen LogP contribution in [0.25, 0.3) is 0 Å². The zero-order valence-corrected chi connectivity index (χ0v) is 7.64. The van der Waals surface area contributed by atoms with Crippen molar-refractivity contribution in [2.45, 2.75) is 38.0 Å². The molecule has 2 heteroatoms. The van der Waals surface area contributed by atoms with Gasteiger partial charge in [0.25, 0.3) is 0 Å². The van der Waals surface area contributed by atoms with Crippen molar-refractivity contribution in [3.8, 4) is 0 Å². The molecule has 54 valence electrons. The van der Waals surface area contributed by atoms with Gasteiger partial charge in [0.15, 0.2) is 0 Å². The summed E-state index contributed by atoms with van der Waals surface area (Å²) in [4.78, 5) is 0. The summed E-state index contributed by atoms with van der Waals surface area (Å²) in [7, 11) is 0.349. The molecule has 1 heterocycles. The number of ether oxygens (including phenoxy) is 1. The summed E-state index contributed by atoms with van der Waals surface area (Å²) in [6, 6.07) is 1.53.